The SMILES string of the molecule is CC(C)OC(=O)Cc1ccc(O[C@H]2CCN(C(=O)OC(C)(C)C)C2)cc1. The van der Waals surface area contributed by atoms with Crippen LogP contribution in [0.1, 0.15) is 46.6 Å². The average Bonchev–Trinajstić information content (AvgIpc) is 2.95. The van der Waals surface area contributed by atoms with Crippen molar-refractivity contribution in [3.63, 3.8) is 0 Å². The summed E-state index contributed by atoms with van der Waals surface area (Å²) in [4.78, 5) is 25.4. The van der Waals surface area contributed by atoms with E-state index in [9.17, 15) is 9.59 Å². The van der Waals surface area contributed by atoms with Gasteiger partial charge in [0, 0.05) is 13.0 Å². The molecule has 0 radical (unpaired) electrons. The molecule has 1 aliphatic heterocycles. The molecule has 0 spiro atoms. The number of nitrogens with zero attached hydrogens (tertiary/aromatic N) is 1. The number of carbonyl (C=O) groups excluding carboxylic acids is 2. The van der Waals surface area contributed by atoms with Crippen molar-refractivity contribution in [1.82, 2.24) is 4.90 Å². The third kappa shape index (κ3) is 6.58. The number of hydrogen-bond acceptors (Lipinski definition) is 5. The zero-order chi connectivity index (χ0) is 19.3. The summed E-state index contributed by atoms with van der Waals surface area (Å²) in [7, 11) is 0. The second-order valence-electron chi connectivity index (χ2n) is 7.81. The molecular formula is C20H29NO5. The first-order valence-electron chi connectivity index (χ1n) is 9.05. The normalized spacial score (nSPS) is 17.3. The van der Waals surface area contributed by atoms with Gasteiger partial charge in [-0.05, 0) is 52.3 Å². The summed E-state index contributed by atoms with van der Waals surface area (Å²) >= 11 is 0. The van der Waals surface area contributed by atoms with Crippen molar-refractivity contribution >= 4 is 12.1 Å². The van der Waals surface area contributed by atoms with Crippen LogP contribution >= 0.6 is 0 Å². The Kier molecular flexibility index (Phi) is 6.51. The van der Waals surface area contributed by atoms with Crippen LogP contribution < -0.4 is 4.74 Å². The molecule has 0 bridgehead atoms. The summed E-state index contributed by atoms with van der Waals surface area (Å²) in [6.07, 6.45) is 0.540. The number of esters is 1. The maximum absolute atomic E-state index is 12.1. The number of carbonyl (C=O) groups is 2. The molecule has 1 aliphatic rings. The third-order valence-corrected chi connectivity index (χ3v) is 3.74. The molecule has 0 N–H and O–H groups in total. The maximum atomic E-state index is 12.1. The quantitative estimate of drug-likeness (QED) is 0.748. The van der Waals surface area contributed by atoms with E-state index >= 15 is 0 Å². The van der Waals surface area contributed by atoms with E-state index in [1.165, 1.54) is 0 Å². The van der Waals surface area contributed by atoms with E-state index in [1.54, 1.807) is 4.90 Å². The Balaban J connectivity index is 1.82. The van der Waals surface area contributed by atoms with Crippen LogP contribution in [0.5, 0.6) is 5.75 Å². The number of rotatable bonds is 5. The predicted molar refractivity (Wildman–Crippen MR) is 98.2 cm³/mol. The molecule has 0 aromatic heterocycles. The van der Waals surface area contributed by atoms with Gasteiger partial charge in [-0.15, -0.1) is 0 Å². The summed E-state index contributed by atoms with van der Waals surface area (Å²) in [5, 5.41) is 0. The van der Waals surface area contributed by atoms with Crippen LogP contribution in [0.15, 0.2) is 24.3 Å². The summed E-state index contributed by atoms with van der Waals surface area (Å²) in [5.74, 6) is 0.486. The van der Waals surface area contributed by atoms with E-state index in [4.69, 9.17) is 14.2 Å². The molecule has 1 aromatic carbocycles. The molecule has 1 aromatic rings. The zero-order valence-corrected chi connectivity index (χ0v) is 16.3. The van der Waals surface area contributed by atoms with Gasteiger partial charge in [0.25, 0.3) is 0 Å². The average molecular weight is 363 g/mol. The number of hydrogen-bond donors (Lipinski definition) is 0. The molecule has 6 nitrogen and oxygen atoms in total. The van der Waals surface area contributed by atoms with Crippen molar-refractivity contribution < 1.29 is 23.8 Å². The van der Waals surface area contributed by atoms with Gasteiger partial charge in [0.05, 0.1) is 19.1 Å². The van der Waals surface area contributed by atoms with Crippen LogP contribution in [-0.2, 0) is 20.7 Å². The van der Waals surface area contributed by atoms with Gasteiger partial charge in [-0.2, -0.15) is 0 Å². The maximum Gasteiger partial charge on any atom is 0.410 e. The largest absolute Gasteiger partial charge is 0.489 e. The van der Waals surface area contributed by atoms with Gasteiger partial charge < -0.3 is 19.1 Å². The van der Waals surface area contributed by atoms with E-state index < -0.39 is 5.60 Å². The lowest BCUT2D eigenvalue weighted by molar-refractivity contribution is -0.146. The minimum atomic E-state index is -0.497. The fraction of sp³-hybridized carbons (Fsp3) is 0.600. The Bertz CT molecular complexity index is 618. The molecule has 144 valence electrons. The molecule has 1 saturated heterocycles. The molecule has 1 amide bonds. The molecule has 1 atom stereocenters. The lowest BCUT2D eigenvalue weighted by Crippen LogP contribution is -2.36. The number of ether oxygens (including phenoxy) is 3. The summed E-state index contributed by atoms with van der Waals surface area (Å²) in [6.45, 7) is 10.4. The Morgan fingerprint density at radius 2 is 1.85 bits per heavy atom. The lowest BCUT2D eigenvalue weighted by atomic mass is 10.1. The van der Waals surface area contributed by atoms with Crippen molar-refractivity contribution in [3.05, 3.63) is 29.8 Å². The minimum absolute atomic E-state index is 0.0562. The molecule has 0 unspecified atom stereocenters. The van der Waals surface area contributed by atoms with Crippen LogP contribution in [0, 0.1) is 0 Å². The number of likely N-dealkylation sites (tertiary alicyclic amines) is 1. The van der Waals surface area contributed by atoms with Crippen LogP contribution in [-0.4, -0.2) is 47.9 Å². The predicted octanol–water partition coefficient (Wildman–Crippen LogP) is 3.57. The number of amides is 1. The van der Waals surface area contributed by atoms with Crippen molar-refractivity contribution in [2.24, 2.45) is 0 Å². The van der Waals surface area contributed by atoms with Gasteiger partial charge in [0.15, 0.2) is 0 Å². The van der Waals surface area contributed by atoms with E-state index in [-0.39, 0.29) is 30.7 Å². The summed E-state index contributed by atoms with van der Waals surface area (Å²) in [6, 6.07) is 7.40. The first-order valence-corrected chi connectivity index (χ1v) is 9.05. The van der Waals surface area contributed by atoms with Crippen molar-refractivity contribution in [1.29, 1.82) is 0 Å². The van der Waals surface area contributed by atoms with E-state index in [0.717, 1.165) is 17.7 Å². The highest BCUT2D eigenvalue weighted by molar-refractivity contribution is 5.72. The van der Waals surface area contributed by atoms with Crippen LogP contribution in [0.4, 0.5) is 4.79 Å². The van der Waals surface area contributed by atoms with Crippen molar-refractivity contribution in [2.45, 2.75) is 65.3 Å². The van der Waals surface area contributed by atoms with Crippen molar-refractivity contribution in [2.75, 3.05) is 13.1 Å². The molecule has 2 rings (SSSR count). The minimum Gasteiger partial charge on any atom is -0.489 e. The Morgan fingerprint density at radius 1 is 1.19 bits per heavy atom. The third-order valence-electron chi connectivity index (χ3n) is 3.74. The first kappa shape index (κ1) is 20.1. The van der Waals surface area contributed by atoms with E-state index in [0.29, 0.717) is 13.1 Å². The van der Waals surface area contributed by atoms with Crippen molar-refractivity contribution in [3.8, 4) is 5.75 Å². The summed E-state index contributed by atoms with van der Waals surface area (Å²) < 4.78 is 16.5. The van der Waals surface area contributed by atoms with Gasteiger partial charge in [0.1, 0.15) is 17.5 Å². The molecule has 1 heterocycles. The van der Waals surface area contributed by atoms with Gasteiger partial charge in [-0.1, -0.05) is 12.1 Å². The second kappa shape index (κ2) is 8.43. The van der Waals surface area contributed by atoms with Crippen LogP contribution in [0.3, 0.4) is 0 Å². The molecule has 1 fully saturated rings. The highest BCUT2D eigenvalue weighted by Crippen LogP contribution is 2.21. The Morgan fingerprint density at radius 3 is 2.42 bits per heavy atom. The molecule has 0 aliphatic carbocycles. The monoisotopic (exact) mass is 363 g/mol. The standard InChI is InChI=1S/C20H29NO5/c1-14(2)24-18(22)12-15-6-8-16(9-7-15)25-17-10-11-21(13-17)19(23)26-20(3,4)5/h6-9,14,17H,10-13H2,1-5H3/t17-/m0/s1. The van der Waals surface area contributed by atoms with Gasteiger partial charge in [-0.3, -0.25) is 4.79 Å². The molecule has 6 heteroatoms. The molecule has 0 saturated carbocycles. The highest BCUT2D eigenvalue weighted by Gasteiger charge is 2.30. The fourth-order valence-electron chi connectivity index (χ4n) is 2.67. The zero-order valence-electron chi connectivity index (χ0n) is 16.3. The fourth-order valence-corrected chi connectivity index (χ4v) is 2.67. The Labute approximate surface area is 155 Å². The van der Waals surface area contributed by atoms with E-state index in [1.807, 2.05) is 58.9 Å². The topological polar surface area (TPSA) is 65.1 Å². The summed E-state index contributed by atoms with van der Waals surface area (Å²) in [5.41, 5.74) is 0.382. The Hall–Kier alpha value is -2.24. The van der Waals surface area contributed by atoms with Crippen LogP contribution in [0.25, 0.3) is 0 Å². The van der Waals surface area contributed by atoms with E-state index in [2.05, 4.69) is 0 Å². The van der Waals surface area contributed by atoms with Gasteiger partial charge in [0.2, 0.25) is 0 Å². The smallest absolute Gasteiger partial charge is 0.410 e. The lowest BCUT2D eigenvalue weighted by Gasteiger charge is -2.24. The van der Waals surface area contributed by atoms with Gasteiger partial charge >= 0.3 is 12.1 Å². The second-order valence-corrected chi connectivity index (χ2v) is 7.81. The first-order chi connectivity index (χ1) is 12.1. The highest BCUT2D eigenvalue weighted by atomic mass is 16.6. The molecule has 26 heavy (non-hydrogen) atoms. The van der Waals surface area contributed by atoms with Crippen LogP contribution in [0.2, 0.25) is 0 Å². The number of benzene rings is 1. The molecular weight excluding hydrogens is 334 g/mol. The van der Waals surface area contributed by atoms with Gasteiger partial charge in [-0.25, -0.2) is 4.79 Å².